The van der Waals surface area contributed by atoms with Gasteiger partial charge in [0.1, 0.15) is 0 Å². The zero-order valence-electron chi connectivity index (χ0n) is 12.6. The Kier molecular flexibility index (Phi) is 4.41. The van der Waals surface area contributed by atoms with E-state index in [1.54, 1.807) is 12.3 Å². The van der Waals surface area contributed by atoms with Gasteiger partial charge in [0.05, 0.1) is 28.8 Å². The summed E-state index contributed by atoms with van der Waals surface area (Å²) in [6.07, 6.45) is 7.55. The Bertz CT molecular complexity index is 694. The lowest BCUT2D eigenvalue weighted by molar-refractivity contribution is 0.539. The van der Waals surface area contributed by atoms with E-state index in [0.717, 1.165) is 29.8 Å². The van der Waals surface area contributed by atoms with Crippen LogP contribution in [0.25, 0.3) is 0 Å². The molecule has 1 aliphatic rings. The Morgan fingerprint density at radius 1 is 1.32 bits per heavy atom. The zero-order chi connectivity index (χ0) is 15.7. The SMILES string of the molecule is CCCC1=NNc2c(Cl)cc(Cl)cc2C(C)C1n1ccnc1. The number of aromatic nitrogens is 2. The van der Waals surface area contributed by atoms with Gasteiger partial charge in [-0.15, -0.1) is 0 Å². The number of nitrogens with one attached hydrogen (secondary N) is 1. The summed E-state index contributed by atoms with van der Waals surface area (Å²) in [6.45, 7) is 4.33. The summed E-state index contributed by atoms with van der Waals surface area (Å²) in [6, 6.07) is 3.81. The van der Waals surface area contributed by atoms with Crippen molar-refractivity contribution in [2.24, 2.45) is 5.10 Å². The Morgan fingerprint density at radius 3 is 2.82 bits per heavy atom. The van der Waals surface area contributed by atoms with E-state index in [1.807, 2.05) is 18.6 Å². The Morgan fingerprint density at radius 2 is 2.14 bits per heavy atom. The maximum Gasteiger partial charge on any atom is 0.0952 e. The van der Waals surface area contributed by atoms with Crippen LogP contribution in [-0.4, -0.2) is 15.3 Å². The third-order valence-corrected chi connectivity index (χ3v) is 4.57. The number of hydrogen-bond acceptors (Lipinski definition) is 3. The molecule has 3 rings (SSSR count). The van der Waals surface area contributed by atoms with Crippen molar-refractivity contribution in [3.63, 3.8) is 0 Å². The van der Waals surface area contributed by atoms with Gasteiger partial charge in [-0.05, 0) is 24.1 Å². The molecule has 1 N–H and O–H groups in total. The fraction of sp³-hybridized carbons (Fsp3) is 0.375. The normalized spacial score (nSPS) is 20.8. The second-order valence-electron chi connectivity index (χ2n) is 5.56. The summed E-state index contributed by atoms with van der Waals surface area (Å²) in [5.41, 5.74) is 6.15. The highest BCUT2D eigenvalue weighted by molar-refractivity contribution is 6.36. The molecule has 0 bridgehead atoms. The molecule has 22 heavy (non-hydrogen) atoms. The molecule has 2 heterocycles. The maximum atomic E-state index is 6.35. The van der Waals surface area contributed by atoms with Gasteiger partial charge in [-0.25, -0.2) is 4.98 Å². The molecular formula is C16H18Cl2N4. The summed E-state index contributed by atoms with van der Waals surface area (Å²) in [7, 11) is 0. The average molecular weight is 337 g/mol. The van der Waals surface area contributed by atoms with Crippen molar-refractivity contribution < 1.29 is 0 Å². The molecule has 2 atom stereocenters. The Labute approximate surface area is 140 Å². The lowest BCUT2D eigenvalue weighted by atomic mass is 9.88. The van der Waals surface area contributed by atoms with Crippen LogP contribution in [0.2, 0.25) is 10.0 Å². The van der Waals surface area contributed by atoms with Gasteiger partial charge in [0.15, 0.2) is 0 Å². The number of hydrogen-bond donors (Lipinski definition) is 1. The van der Waals surface area contributed by atoms with Gasteiger partial charge < -0.3 is 4.57 Å². The standard InChI is InChI=1S/C16H18Cl2N4/c1-3-4-14-16(22-6-5-19-9-22)10(2)12-7-11(17)8-13(18)15(12)21-20-14/h5-10,16,21H,3-4H2,1-2H3. The van der Waals surface area contributed by atoms with Crippen molar-refractivity contribution in [1.29, 1.82) is 0 Å². The molecule has 1 aromatic heterocycles. The predicted octanol–water partition coefficient (Wildman–Crippen LogP) is 5.12. The van der Waals surface area contributed by atoms with Gasteiger partial charge in [0.25, 0.3) is 0 Å². The Balaban J connectivity index is 2.13. The van der Waals surface area contributed by atoms with E-state index >= 15 is 0 Å². The molecule has 0 amide bonds. The molecule has 0 fully saturated rings. The van der Waals surface area contributed by atoms with Crippen molar-refractivity contribution >= 4 is 34.6 Å². The first-order chi connectivity index (χ1) is 10.6. The van der Waals surface area contributed by atoms with Crippen LogP contribution in [0.3, 0.4) is 0 Å². The van der Waals surface area contributed by atoms with Crippen LogP contribution >= 0.6 is 23.2 Å². The van der Waals surface area contributed by atoms with Crippen LogP contribution in [0.4, 0.5) is 5.69 Å². The molecule has 0 radical (unpaired) electrons. The molecule has 0 saturated heterocycles. The molecule has 0 aliphatic carbocycles. The third kappa shape index (κ3) is 2.73. The van der Waals surface area contributed by atoms with Crippen LogP contribution in [0.5, 0.6) is 0 Å². The number of halogens is 2. The first-order valence-corrected chi connectivity index (χ1v) is 8.16. The second kappa shape index (κ2) is 6.31. The van der Waals surface area contributed by atoms with Crippen LogP contribution in [0.1, 0.15) is 44.2 Å². The predicted molar refractivity (Wildman–Crippen MR) is 92.1 cm³/mol. The fourth-order valence-electron chi connectivity index (χ4n) is 3.05. The van der Waals surface area contributed by atoms with Crippen LogP contribution in [0, 0.1) is 0 Å². The van der Waals surface area contributed by atoms with Gasteiger partial charge in [-0.1, -0.05) is 43.5 Å². The summed E-state index contributed by atoms with van der Waals surface area (Å²) >= 11 is 12.5. The number of anilines is 1. The number of imidazole rings is 1. The zero-order valence-corrected chi connectivity index (χ0v) is 14.1. The lowest BCUT2D eigenvalue weighted by Crippen LogP contribution is -2.23. The van der Waals surface area contributed by atoms with Crippen LogP contribution < -0.4 is 5.43 Å². The van der Waals surface area contributed by atoms with Crippen molar-refractivity contribution in [1.82, 2.24) is 9.55 Å². The second-order valence-corrected chi connectivity index (χ2v) is 6.40. The van der Waals surface area contributed by atoms with Crippen molar-refractivity contribution in [2.45, 2.75) is 38.6 Å². The first kappa shape index (κ1) is 15.4. The van der Waals surface area contributed by atoms with E-state index in [1.165, 1.54) is 0 Å². The molecule has 0 spiro atoms. The highest BCUT2D eigenvalue weighted by Gasteiger charge is 2.30. The molecule has 2 aromatic rings. The maximum absolute atomic E-state index is 6.35. The molecule has 116 valence electrons. The lowest BCUT2D eigenvalue weighted by Gasteiger charge is -2.25. The minimum Gasteiger partial charge on any atom is -0.328 e. The van der Waals surface area contributed by atoms with Gasteiger partial charge in [-0.3, -0.25) is 5.43 Å². The van der Waals surface area contributed by atoms with E-state index in [-0.39, 0.29) is 12.0 Å². The fourth-order valence-corrected chi connectivity index (χ4v) is 3.60. The largest absolute Gasteiger partial charge is 0.328 e. The van der Waals surface area contributed by atoms with E-state index in [4.69, 9.17) is 23.2 Å². The topological polar surface area (TPSA) is 42.2 Å². The molecule has 0 saturated carbocycles. The minimum absolute atomic E-state index is 0.103. The number of benzene rings is 1. The summed E-state index contributed by atoms with van der Waals surface area (Å²) in [5.74, 6) is 0.181. The molecule has 4 nitrogen and oxygen atoms in total. The van der Waals surface area contributed by atoms with Gasteiger partial charge >= 0.3 is 0 Å². The van der Waals surface area contributed by atoms with E-state index in [2.05, 4.69) is 33.9 Å². The smallest absolute Gasteiger partial charge is 0.0952 e. The molecule has 6 heteroatoms. The summed E-state index contributed by atoms with van der Waals surface area (Å²) in [5, 5.41) is 5.86. The van der Waals surface area contributed by atoms with Gasteiger partial charge in [-0.2, -0.15) is 5.10 Å². The third-order valence-electron chi connectivity index (χ3n) is 4.05. The highest BCUT2D eigenvalue weighted by Crippen LogP contribution is 2.42. The van der Waals surface area contributed by atoms with Crippen molar-refractivity contribution in [3.05, 3.63) is 46.5 Å². The van der Waals surface area contributed by atoms with Crippen molar-refractivity contribution in [3.8, 4) is 0 Å². The summed E-state index contributed by atoms with van der Waals surface area (Å²) in [4.78, 5) is 4.18. The monoisotopic (exact) mass is 336 g/mol. The van der Waals surface area contributed by atoms with E-state index in [0.29, 0.717) is 10.0 Å². The molecule has 2 unspecified atom stereocenters. The number of nitrogens with zero attached hydrogens (tertiary/aromatic N) is 3. The molecule has 1 aromatic carbocycles. The van der Waals surface area contributed by atoms with E-state index in [9.17, 15) is 0 Å². The first-order valence-electron chi connectivity index (χ1n) is 7.40. The number of hydrazone groups is 1. The van der Waals surface area contributed by atoms with Crippen LogP contribution in [-0.2, 0) is 0 Å². The minimum atomic E-state index is 0.103. The van der Waals surface area contributed by atoms with Gasteiger partial charge in [0, 0.05) is 23.3 Å². The molecule has 1 aliphatic heterocycles. The molecular weight excluding hydrogens is 319 g/mol. The Hall–Kier alpha value is -1.52. The number of fused-ring (bicyclic) bond motifs is 1. The number of rotatable bonds is 3. The van der Waals surface area contributed by atoms with Crippen LogP contribution in [0.15, 0.2) is 36.0 Å². The summed E-state index contributed by atoms with van der Waals surface area (Å²) < 4.78 is 2.10. The van der Waals surface area contributed by atoms with E-state index < -0.39 is 0 Å². The average Bonchev–Trinajstić information content (AvgIpc) is 2.95. The van der Waals surface area contributed by atoms with Crippen molar-refractivity contribution in [2.75, 3.05) is 5.43 Å². The van der Waals surface area contributed by atoms with Gasteiger partial charge in [0.2, 0.25) is 0 Å². The quantitative estimate of drug-likeness (QED) is 0.845. The highest BCUT2D eigenvalue weighted by atomic mass is 35.5.